The molecule has 0 aliphatic heterocycles. The maximum atomic E-state index is 3.55. The molecular weight excluding hydrogens is 261 g/mol. The largest absolute Gasteiger partial charge is 0.316 e. The van der Waals surface area contributed by atoms with Gasteiger partial charge in [0, 0.05) is 11.0 Å². The first kappa shape index (κ1) is 9.25. The molecule has 12 heavy (non-hydrogen) atoms. The molecule has 0 amide bonds. The van der Waals surface area contributed by atoms with E-state index in [9.17, 15) is 0 Å². The maximum Gasteiger partial charge on any atom is 0.0121 e. The Kier molecular flexibility index (Phi) is 3.29. The Morgan fingerprint density at radius 1 is 1.25 bits per heavy atom. The predicted octanol–water partition coefficient (Wildman–Crippen LogP) is 2.45. The monoisotopic (exact) mass is 279 g/mol. The van der Waals surface area contributed by atoms with Crippen LogP contribution in [0.15, 0.2) is 0 Å². The summed E-state index contributed by atoms with van der Waals surface area (Å²) in [6.45, 7) is 2.50. The fourth-order valence-electron chi connectivity index (χ4n) is 2.98. The van der Waals surface area contributed by atoms with Crippen LogP contribution >= 0.6 is 22.6 Å². The lowest BCUT2D eigenvalue weighted by Crippen LogP contribution is -2.27. The van der Waals surface area contributed by atoms with Crippen LogP contribution in [0.3, 0.4) is 0 Å². The molecular formula is C10H18IN. The predicted molar refractivity (Wildman–Crippen MR) is 60.7 cm³/mol. The summed E-state index contributed by atoms with van der Waals surface area (Å²) in [6.07, 6.45) is 6.14. The Hall–Kier alpha value is 0.690. The minimum atomic E-state index is 1.03. The smallest absolute Gasteiger partial charge is 0.0121 e. The molecule has 0 radical (unpaired) electrons. The zero-order valence-electron chi connectivity index (χ0n) is 7.56. The molecule has 2 rings (SSSR count). The van der Waals surface area contributed by atoms with E-state index >= 15 is 0 Å². The van der Waals surface area contributed by atoms with Crippen LogP contribution in [0.2, 0.25) is 0 Å². The van der Waals surface area contributed by atoms with Crippen molar-refractivity contribution < 1.29 is 0 Å². The minimum Gasteiger partial charge on any atom is -0.316 e. The Balaban J connectivity index is 1.69. The molecule has 70 valence electrons. The molecule has 0 spiro atoms. The molecule has 3 atom stereocenters. The summed E-state index contributed by atoms with van der Waals surface area (Å²) >= 11 is 2.43. The van der Waals surface area contributed by atoms with Crippen LogP contribution < -0.4 is 5.32 Å². The first-order chi connectivity index (χ1) is 5.90. The molecule has 2 saturated carbocycles. The first-order valence-electron chi connectivity index (χ1n) is 5.17. The van der Waals surface area contributed by atoms with Crippen molar-refractivity contribution in [3.63, 3.8) is 0 Å². The summed E-state index contributed by atoms with van der Waals surface area (Å²) < 4.78 is 1.25. The molecule has 0 aromatic heterocycles. The van der Waals surface area contributed by atoms with E-state index in [1.807, 2.05) is 0 Å². The summed E-state index contributed by atoms with van der Waals surface area (Å²) in [5, 5.41) is 3.55. The molecule has 2 aliphatic carbocycles. The number of nitrogens with one attached hydrogen (secondary N) is 1. The standard InChI is InChI=1S/C10H18IN/c11-3-4-12-7-10-6-8-1-2-9(10)5-8/h8-10,12H,1-7H2. The molecule has 0 aromatic carbocycles. The number of halogens is 1. The molecule has 2 heteroatoms. The third kappa shape index (κ3) is 1.95. The third-order valence-electron chi connectivity index (χ3n) is 3.56. The van der Waals surface area contributed by atoms with Gasteiger partial charge in [0.15, 0.2) is 0 Å². The highest BCUT2D eigenvalue weighted by atomic mass is 127. The summed E-state index contributed by atoms with van der Waals surface area (Å²) in [5.74, 6) is 3.24. The Morgan fingerprint density at radius 3 is 2.75 bits per heavy atom. The highest BCUT2D eigenvalue weighted by Gasteiger charge is 2.38. The normalized spacial score (nSPS) is 39.2. The third-order valence-corrected chi connectivity index (χ3v) is 4.10. The van der Waals surface area contributed by atoms with Crippen LogP contribution in [0.5, 0.6) is 0 Å². The molecule has 0 heterocycles. The van der Waals surface area contributed by atoms with Gasteiger partial charge in [0.1, 0.15) is 0 Å². The number of hydrogen-bond donors (Lipinski definition) is 1. The summed E-state index contributed by atoms with van der Waals surface area (Å²) in [4.78, 5) is 0. The van der Waals surface area contributed by atoms with Gasteiger partial charge in [0.05, 0.1) is 0 Å². The van der Waals surface area contributed by atoms with Crippen LogP contribution in [0, 0.1) is 17.8 Å². The van der Waals surface area contributed by atoms with E-state index in [0.717, 1.165) is 17.8 Å². The van der Waals surface area contributed by atoms with Crippen LogP contribution in [0.1, 0.15) is 25.7 Å². The van der Waals surface area contributed by atoms with Gasteiger partial charge < -0.3 is 5.32 Å². The van der Waals surface area contributed by atoms with Crippen LogP contribution in [0.25, 0.3) is 0 Å². The lowest BCUT2D eigenvalue weighted by Gasteiger charge is -2.21. The molecule has 0 saturated heterocycles. The lowest BCUT2D eigenvalue weighted by atomic mass is 9.89. The van der Waals surface area contributed by atoms with Crippen molar-refractivity contribution in [2.45, 2.75) is 25.7 Å². The maximum absolute atomic E-state index is 3.55. The van der Waals surface area contributed by atoms with E-state index in [4.69, 9.17) is 0 Å². The highest BCUT2D eigenvalue weighted by molar-refractivity contribution is 14.1. The average Bonchev–Trinajstić information content (AvgIpc) is 2.65. The highest BCUT2D eigenvalue weighted by Crippen LogP contribution is 2.47. The van der Waals surface area contributed by atoms with E-state index in [2.05, 4.69) is 27.9 Å². The van der Waals surface area contributed by atoms with Crippen molar-refractivity contribution in [1.82, 2.24) is 5.32 Å². The quantitative estimate of drug-likeness (QED) is 0.473. The summed E-state index contributed by atoms with van der Waals surface area (Å²) in [6, 6.07) is 0. The van der Waals surface area contributed by atoms with Crippen molar-refractivity contribution in [3.05, 3.63) is 0 Å². The van der Waals surface area contributed by atoms with Crippen molar-refractivity contribution in [1.29, 1.82) is 0 Å². The van der Waals surface area contributed by atoms with Gasteiger partial charge in [-0.1, -0.05) is 29.0 Å². The topological polar surface area (TPSA) is 12.0 Å². The summed E-state index contributed by atoms with van der Waals surface area (Å²) in [7, 11) is 0. The number of alkyl halides is 1. The number of rotatable bonds is 4. The Morgan fingerprint density at radius 2 is 2.17 bits per heavy atom. The van der Waals surface area contributed by atoms with Gasteiger partial charge in [-0.2, -0.15) is 0 Å². The second-order valence-electron chi connectivity index (χ2n) is 4.33. The number of hydrogen-bond acceptors (Lipinski definition) is 1. The molecule has 1 nitrogen and oxygen atoms in total. The zero-order valence-corrected chi connectivity index (χ0v) is 9.72. The first-order valence-corrected chi connectivity index (χ1v) is 6.69. The van der Waals surface area contributed by atoms with E-state index in [1.54, 1.807) is 6.42 Å². The fraction of sp³-hybridized carbons (Fsp3) is 1.00. The van der Waals surface area contributed by atoms with E-state index < -0.39 is 0 Å². The van der Waals surface area contributed by atoms with Gasteiger partial charge in [-0.3, -0.25) is 0 Å². The zero-order chi connectivity index (χ0) is 8.39. The van der Waals surface area contributed by atoms with Crippen LogP contribution in [-0.2, 0) is 0 Å². The summed E-state index contributed by atoms with van der Waals surface area (Å²) in [5.41, 5.74) is 0. The van der Waals surface area contributed by atoms with Gasteiger partial charge in [0.25, 0.3) is 0 Å². The molecule has 1 N–H and O–H groups in total. The van der Waals surface area contributed by atoms with E-state index in [-0.39, 0.29) is 0 Å². The van der Waals surface area contributed by atoms with Crippen molar-refractivity contribution in [3.8, 4) is 0 Å². The van der Waals surface area contributed by atoms with E-state index in [1.165, 1.54) is 36.8 Å². The SMILES string of the molecule is ICCNCC1CC2CCC1C2. The lowest BCUT2D eigenvalue weighted by molar-refractivity contribution is 0.322. The van der Waals surface area contributed by atoms with E-state index in [0.29, 0.717) is 0 Å². The van der Waals surface area contributed by atoms with Crippen LogP contribution in [0.4, 0.5) is 0 Å². The second kappa shape index (κ2) is 4.27. The van der Waals surface area contributed by atoms with Gasteiger partial charge in [0.2, 0.25) is 0 Å². The number of fused-ring (bicyclic) bond motifs is 2. The second-order valence-corrected chi connectivity index (χ2v) is 5.41. The van der Waals surface area contributed by atoms with Crippen LogP contribution in [-0.4, -0.2) is 17.5 Å². The van der Waals surface area contributed by atoms with Gasteiger partial charge in [-0.05, 0) is 43.6 Å². The molecule has 2 fully saturated rings. The molecule has 3 unspecified atom stereocenters. The van der Waals surface area contributed by atoms with Crippen molar-refractivity contribution in [2.24, 2.45) is 17.8 Å². The fourth-order valence-corrected chi connectivity index (χ4v) is 3.36. The average molecular weight is 279 g/mol. The molecule has 0 aromatic rings. The van der Waals surface area contributed by atoms with Crippen molar-refractivity contribution in [2.75, 3.05) is 17.5 Å². The van der Waals surface area contributed by atoms with Gasteiger partial charge in [-0.25, -0.2) is 0 Å². The van der Waals surface area contributed by atoms with Crippen molar-refractivity contribution >= 4 is 22.6 Å². The van der Waals surface area contributed by atoms with Gasteiger partial charge >= 0.3 is 0 Å². The molecule has 2 bridgehead atoms. The Labute approximate surface area is 88.8 Å². The molecule has 2 aliphatic rings. The van der Waals surface area contributed by atoms with Gasteiger partial charge in [-0.15, -0.1) is 0 Å². The Bertz CT molecular complexity index is 149. The minimum absolute atomic E-state index is 1.03.